The van der Waals surface area contributed by atoms with Gasteiger partial charge in [0.1, 0.15) is 0 Å². The van der Waals surface area contributed by atoms with Crippen LogP contribution in [-0.4, -0.2) is 40.3 Å². The Morgan fingerprint density at radius 1 is 1.23 bits per heavy atom. The van der Waals surface area contributed by atoms with Crippen molar-refractivity contribution in [2.75, 3.05) is 26.0 Å². The van der Waals surface area contributed by atoms with E-state index < -0.39 is 15.7 Å². The van der Waals surface area contributed by atoms with E-state index in [1.54, 1.807) is 43.4 Å². The third-order valence-corrected chi connectivity index (χ3v) is 6.70. The average molecular weight is 561 g/mol. The van der Waals surface area contributed by atoms with Crippen LogP contribution >= 0.6 is 24.0 Å². The van der Waals surface area contributed by atoms with Gasteiger partial charge in [-0.3, -0.25) is 4.99 Å². The van der Waals surface area contributed by atoms with Crippen LogP contribution in [0, 0.1) is 11.7 Å². The van der Waals surface area contributed by atoms with Gasteiger partial charge >= 0.3 is 0 Å². The maximum atomic E-state index is 14.3. The van der Waals surface area contributed by atoms with Crippen LogP contribution < -0.4 is 15.4 Å². The lowest BCUT2D eigenvalue weighted by Crippen LogP contribution is -2.40. The van der Waals surface area contributed by atoms with Crippen LogP contribution in [0.25, 0.3) is 0 Å². The summed E-state index contributed by atoms with van der Waals surface area (Å²) in [6.45, 7) is 2.64. The highest BCUT2D eigenvalue weighted by Gasteiger charge is 2.22. The maximum Gasteiger partial charge on any atom is 0.191 e. The monoisotopic (exact) mass is 561 g/mol. The molecular formula is C22H29FIN3O3S. The van der Waals surface area contributed by atoms with Crippen LogP contribution in [-0.2, 0) is 9.84 Å². The number of sulfone groups is 1. The summed E-state index contributed by atoms with van der Waals surface area (Å²) in [5, 5.41) is 6.16. The van der Waals surface area contributed by atoms with Gasteiger partial charge in [0.05, 0.1) is 23.3 Å². The van der Waals surface area contributed by atoms with Crippen molar-refractivity contribution in [1.82, 2.24) is 10.6 Å². The minimum atomic E-state index is -3.37. The summed E-state index contributed by atoms with van der Waals surface area (Å²) >= 11 is 0. The van der Waals surface area contributed by atoms with Gasteiger partial charge in [-0.15, -0.1) is 24.0 Å². The average Bonchev–Trinajstić information content (AvgIpc) is 3.57. The predicted octanol–water partition coefficient (Wildman–Crippen LogP) is 3.93. The SMILES string of the molecule is CN=C(NCCS(=O)(=O)c1ccccc1)NC(C)c1ccc(OCC2CC2)c(F)c1.I. The minimum absolute atomic E-state index is 0. The van der Waals surface area contributed by atoms with Gasteiger partial charge < -0.3 is 15.4 Å². The molecule has 0 spiro atoms. The molecule has 170 valence electrons. The number of nitrogens with zero attached hydrogens (tertiary/aromatic N) is 1. The van der Waals surface area contributed by atoms with Crippen molar-refractivity contribution in [1.29, 1.82) is 0 Å². The van der Waals surface area contributed by atoms with Crippen LogP contribution in [0.2, 0.25) is 0 Å². The van der Waals surface area contributed by atoms with Gasteiger partial charge in [0.2, 0.25) is 0 Å². The molecule has 0 aromatic heterocycles. The van der Waals surface area contributed by atoms with Gasteiger partial charge in [0.25, 0.3) is 0 Å². The lowest BCUT2D eigenvalue weighted by atomic mass is 10.1. The Hall–Kier alpha value is -1.88. The van der Waals surface area contributed by atoms with Gasteiger partial charge in [-0.05, 0) is 55.5 Å². The quantitative estimate of drug-likeness (QED) is 0.276. The molecule has 2 aromatic rings. The molecule has 0 bridgehead atoms. The molecule has 1 aliphatic rings. The van der Waals surface area contributed by atoms with Crippen LogP contribution in [0.1, 0.15) is 31.4 Å². The molecule has 1 aliphatic carbocycles. The molecule has 1 unspecified atom stereocenters. The summed E-state index contributed by atoms with van der Waals surface area (Å²) in [6.07, 6.45) is 2.30. The van der Waals surface area contributed by atoms with Crippen molar-refractivity contribution in [2.45, 2.75) is 30.7 Å². The molecule has 2 aromatic carbocycles. The summed E-state index contributed by atoms with van der Waals surface area (Å²) in [6, 6.07) is 13.0. The fourth-order valence-electron chi connectivity index (χ4n) is 2.93. The first-order valence-electron chi connectivity index (χ1n) is 10.1. The van der Waals surface area contributed by atoms with E-state index in [-0.39, 0.29) is 48.1 Å². The Kier molecular flexibility index (Phi) is 9.54. The third kappa shape index (κ3) is 7.64. The second kappa shape index (κ2) is 11.7. The van der Waals surface area contributed by atoms with Crippen molar-refractivity contribution in [3.05, 3.63) is 59.9 Å². The van der Waals surface area contributed by atoms with Crippen molar-refractivity contribution in [2.24, 2.45) is 10.9 Å². The molecule has 0 heterocycles. The smallest absolute Gasteiger partial charge is 0.191 e. The molecule has 0 radical (unpaired) electrons. The highest BCUT2D eigenvalue weighted by Crippen LogP contribution is 2.30. The zero-order chi connectivity index (χ0) is 21.6. The Labute approximate surface area is 200 Å². The van der Waals surface area contributed by atoms with Gasteiger partial charge in [0, 0.05) is 13.6 Å². The number of hydrogen-bond donors (Lipinski definition) is 2. The first kappa shape index (κ1) is 25.4. The molecule has 1 saturated carbocycles. The molecule has 1 fully saturated rings. The zero-order valence-electron chi connectivity index (χ0n) is 17.7. The number of benzene rings is 2. The largest absolute Gasteiger partial charge is 0.490 e. The van der Waals surface area contributed by atoms with E-state index in [1.165, 1.54) is 6.07 Å². The molecule has 0 saturated heterocycles. The van der Waals surface area contributed by atoms with Crippen molar-refractivity contribution < 1.29 is 17.5 Å². The summed E-state index contributed by atoms with van der Waals surface area (Å²) < 4.78 is 44.6. The topological polar surface area (TPSA) is 79.8 Å². The Balaban J connectivity index is 0.00000341. The first-order valence-corrected chi connectivity index (χ1v) is 11.7. The summed E-state index contributed by atoms with van der Waals surface area (Å²) in [4.78, 5) is 4.42. The van der Waals surface area contributed by atoms with Gasteiger partial charge in [-0.1, -0.05) is 24.3 Å². The van der Waals surface area contributed by atoms with Gasteiger partial charge in [-0.25, -0.2) is 12.8 Å². The Bertz CT molecular complexity index is 983. The summed E-state index contributed by atoms with van der Waals surface area (Å²) in [5.74, 6) is 0.823. The standard InChI is InChI=1S/C22H28FN3O3S.HI/c1-16(18-10-11-21(20(23)14-18)29-15-17-8-9-17)26-22(24-2)25-12-13-30(27,28)19-6-4-3-5-7-19;/h3-7,10-11,14,16-17H,8-9,12-13,15H2,1-2H3,(H2,24,25,26);1H. The van der Waals surface area contributed by atoms with E-state index >= 15 is 0 Å². The molecule has 31 heavy (non-hydrogen) atoms. The summed E-state index contributed by atoms with van der Waals surface area (Å²) in [7, 11) is -1.77. The van der Waals surface area contributed by atoms with Gasteiger partial charge in [0.15, 0.2) is 27.4 Å². The number of guanidine groups is 1. The Morgan fingerprint density at radius 2 is 1.94 bits per heavy atom. The van der Waals surface area contributed by atoms with E-state index in [4.69, 9.17) is 4.74 Å². The minimum Gasteiger partial charge on any atom is -0.490 e. The third-order valence-electron chi connectivity index (χ3n) is 4.97. The van der Waals surface area contributed by atoms with E-state index in [0.717, 1.165) is 18.4 Å². The normalized spacial score (nSPS) is 15.0. The predicted molar refractivity (Wildman–Crippen MR) is 131 cm³/mol. The lowest BCUT2D eigenvalue weighted by molar-refractivity contribution is 0.285. The van der Waals surface area contributed by atoms with Gasteiger partial charge in [-0.2, -0.15) is 0 Å². The number of rotatable bonds is 9. The number of nitrogens with one attached hydrogen (secondary N) is 2. The van der Waals surface area contributed by atoms with E-state index in [2.05, 4.69) is 15.6 Å². The highest BCUT2D eigenvalue weighted by molar-refractivity contribution is 14.0. The van der Waals surface area contributed by atoms with Crippen molar-refractivity contribution in [3.8, 4) is 5.75 Å². The highest BCUT2D eigenvalue weighted by atomic mass is 127. The second-order valence-electron chi connectivity index (χ2n) is 7.44. The molecular weight excluding hydrogens is 532 g/mol. The van der Waals surface area contributed by atoms with E-state index in [0.29, 0.717) is 23.4 Å². The number of ether oxygens (including phenoxy) is 1. The number of halogens is 2. The molecule has 6 nitrogen and oxygen atoms in total. The van der Waals surface area contributed by atoms with Crippen LogP contribution in [0.3, 0.4) is 0 Å². The second-order valence-corrected chi connectivity index (χ2v) is 9.55. The summed E-state index contributed by atoms with van der Waals surface area (Å²) in [5.41, 5.74) is 0.742. The fraction of sp³-hybridized carbons (Fsp3) is 0.409. The van der Waals surface area contributed by atoms with Crippen LogP contribution in [0.15, 0.2) is 58.4 Å². The molecule has 3 rings (SSSR count). The number of hydrogen-bond acceptors (Lipinski definition) is 4. The van der Waals surface area contributed by atoms with Crippen LogP contribution in [0.4, 0.5) is 4.39 Å². The van der Waals surface area contributed by atoms with Crippen molar-refractivity contribution in [3.63, 3.8) is 0 Å². The molecule has 9 heteroatoms. The van der Waals surface area contributed by atoms with E-state index in [9.17, 15) is 12.8 Å². The molecule has 2 N–H and O–H groups in total. The molecule has 1 atom stereocenters. The van der Waals surface area contributed by atoms with Crippen molar-refractivity contribution >= 4 is 39.8 Å². The maximum absolute atomic E-state index is 14.3. The first-order chi connectivity index (χ1) is 14.4. The Morgan fingerprint density at radius 3 is 2.55 bits per heavy atom. The lowest BCUT2D eigenvalue weighted by Gasteiger charge is -2.19. The van der Waals surface area contributed by atoms with Crippen LogP contribution in [0.5, 0.6) is 5.75 Å². The molecule has 0 amide bonds. The van der Waals surface area contributed by atoms with E-state index in [1.807, 2.05) is 13.0 Å². The number of aliphatic imine (C=N–C) groups is 1. The molecule has 0 aliphatic heterocycles. The fourth-order valence-corrected chi connectivity index (χ4v) is 4.11. The zero-order valence-corrected chi connectivity index (χ0v) is 20.8.